The van der Waals surface area contributed by atoms with Crippen molar-refractivity contribution in [3.05, 3.63) is 108 Å². The summed E-state index contributed by atoms with van der Waals surface area (Å²) in [5.41, 5.74) is 2.74. The molecule has 6 nitrogen and oxygen atoms in total. The summed E-state index contributed by atoms with van der Waals surface area (Å²) >= 11 is 0. The SMILES string of the molecule is O[C@@H]1[C@@H](O)[C@H](OCc2ccccc2)[C@@H](OCc2ccccc2)[C@H](O)[C@@H]1OCc1ccccc1. The molecule has 33 heavy (non-hydrogen) atoms. The van der Waals surface area contributed by atoms with Crippen LogP contribution in [0.1, 0.15) is 16.7 Å². The summed E-state index contributed by atoms with van der Waals surface area (Å²) in [4.78, 5) is 0. The number of rotatable bonds is 9. The van der Waals surface area contributed by atoms with Crippen LogP contribution in [-0.4, -0.2) is 51.9 Å². The van der Waals surface area contributed by atoms with Crippen LogP contribution in [0.3, 0.4) is 0 Å². The van der Waals surface area contributed by atoms with Gasteiger partial charge in [-0.2, -0.15) is 0 Å². The van der Waals surface area contributed by atoms with Gasteiger partial charge in [-0.05, 0) is 16.7 Å². The van der Waals surface area contributed by atoms with Crippen LogP contribution in [0.2, 0.25) is 0 Å². The molecular weight excluding hydrogens is 420 g/mol. The van der Waals surface area contributed by atoms with E-state index in [4.69, 9.17) is 14.2 Å². The quantitative estimate of drug-likeness (QED) is 0.465. The smallest absolute Gasteiger partial charge is 0.115 e. The first kappa shape index (κ1) is 23.6. The zero-order valence-corrected chi connectivity index (χ0v) is 18.3. The van der Waals surface area contributed by atoms with Crippen LogP contribution in [0.15, 0.2) is 91.0 Å². The van der Waals surface area contributed by atoms with E-state index in [9.17, 15) is 15.3 Å². The maximum atomic E-state index is 11.1. The molecular formula is C27H30O6. The maximum Gasteiger partial charge on any atom is 0.115 e. The molecule has 0 amide bonds. The summed E-state index contributed by atoms with van der Waals surface area (Å²) in [7, 11) is 0. The second kappa shape index (κ2) is 11.5. The van der Waals surface area contributed by atoms with Gasteiger partial charge in [0.15, 0.2) is 0 Å². The Morgan fingerprint density at radius 1 is 0.424 bits per heavy atom. The Kier molecular flexibility index (Phi) is 8.23. The van der Waals surface area contributed by atoms with Crippen molar-refractivity contribution in [1.82, 2.24) is 0 Å². The van der Waals surface area contributed by atoms with Gasteiger partial charge in [0.1, 0.15) is 36.6 Å². The Bertz CT molecular complexity index is 952. The van der Waals surface area contributed by atoms with Gasteiger partial charge in [0.05, 0.1) is 19.8 Å². The van der Waals surface area contributed by atoms with E-state index in [1.807, 2.05) is 91.0 Å². The second-order valence-electron chi connectivity index (χ2n) is 8.26. The monoisotopic (exact) mass is 450 g/mol. The third-order valence-electron chi connectivity index (χ3n) is 5.88. The van der Waals surface area contributed by atoms with Crippen molar-refractivity contribution in [3.63, 3.8) is 0 Å². The zero-order chi connectivity index (χ0) is 23.0. The Balaban J connectivity index is 1.49. The summed E-state index contributed by atoms with van der Waals surface area (Å²) in [6.07, 6.45) is -6.68. The molecule has 0 aliphatic heterocycles. The molecule has 0 aromatic heterocycles. The molecule has 0 saturated heterocycles. The molecule has 0 spiro atoms. The van der Waals surface area contributed by atoms with Crippen LogP contribution in [0.4, 0.5) is 0 Å². The lowest BCUT2D eigenvalue weighted by Crippen LogP contribution is -2.65. The molecule has 3 N–H and O–H groups in total. The molecule has 1 saturated carbocycles. The third kappa shape index (κ3) is 6.06. The van der Waals surface area contributed by atoms with Crippen LogP contribution in [-0.2, 0) is 34.0 Å². The number of hydrogen-bond donors (Lipinski definition) is 3. The maximum absolute atomic E-state index is 11.1. The van der Waals surface area contributed by atoms with Crippen molar-refractivity contribution < 1.29 is 29.5 Å². The van der Waals surface area contributed by atoms with Gasteiger partial charge in [0, 0.05) is 0 Å². The van der Waals surface area contributed by atoms with Crippen LogP contribution in [0.5, 0.6) is 0 Å². The molecule has 4 rings (SSSR count). The minimum Gasteiger partial charge on any atom is -0.387 e. The van der Waals surface area contributed by atoms with Crippen LogP contribution < -0.4 is 0 Å². The molecule has 3 aromatic rings. The predicted molar refractivity (Wildman–Crippen MR) is 123 cm³/mol. The van der Waals surface area contributed by atoms with Gasteiger partial charge in [0.25, 0.3) is 0 Å². The van der Waals surface area contributed by atoms with E-state index in [0.29, 0.717) is 0 Å². The van der Waals surface area contributed by atoms with Gasteiger partial charge in [-0.1, -0.05) is 91.0 Å². The molecule has 6 heteroatoms. The largest absolute Gasteiger partial charge is 0.387 e. The molecule has 0 radical (unpaired) electrons. The summed E-state index contributed by atoms with van der Waals surface area (Å²) in [6, 6.07) is 28.6. The lowest BCUT2D eigenvalue weighted by Gasteiger charge is -2.45. The van der Waals surface area contributed by atoms with Gasteiger partial charge in [-0.25, -0.2) is 0 Å². The summed E-state index contributed by atoms with van der Waals surface area (Å²) in [6.45, 7) is 0.623. The van der Waals surface area contributed by atoms with E-state index >= 15 is 0 Å². The number of benzene rings is 3. The normalized spacial score (nSPS) is 27.4. The van der Waals surface area contributed by atoms with Crippen molar-refractivity contribution in [3.8, 4) is 0 Å². The molecule has 0 unspecified atom stereocenters. The van der Waals surface area contributed by atoms with Gasteiger partial charge in [0.2, 0.25) is 0 Å². The number of ether oxygens (including phenoxy) is 3. The minimum atomic E-state index is -1.33. The second-order valence-corrected chi connectivity index (χ2v) is 8.26. The van der Waals surface area contributed by atoms with E-state index in [1.165, 1.54) is 0 Å². The number of aliphatic hydroxyl groups is 3. The Morgan fingerprint density at radius 2 is 0.727 bits per heavy atom. The molecule has 1 aliphatic carbocycles. The average molecular weight is 451 g/mol. The molecule has 1 fully saturated rings. The van der Waals surface area contributed by atoms with E-state index in [1.54, 1.807) is 0 Å². The van der Waals surface area contributed by atoms with Gasteiger partial charge in [-0.15, -0.1) is 0 Å². The fraction of sp³-hybridized carbons (Fsp3) is 0.333. The third-order valence-corrected chi connectivity index (χ3v) is 5.88. The minimum absolute atomic E-state index is 0.188. The lowest BCUT2D eigenvalue weighted by atomic mass is 9.84. The fourth-order valence-corrected chi connectivity index (χ4v) is 4.05. The lowest BCUT2D eigenvalue weighted by molar-refractivity contribution is -0.262. The van der Waals surface area contributed by atoms with E-state index < -0.39 is 36.6 Å². The van der Waals surface area contributed by atoms with Crippen molar-refractivity contribution in [2.45, 2.75) is 56.4 Å². The number of hydrogen-bond acceptors (Lipinski definition) is 6. The van der Waals surface area contributed by atoms with Crippen LogP contribution >= 0.6 is 0 Å². The van der Waals surface area contributed by atoms with Gasteiger partial charge < -0.3 is 29.5 Å². The Labute approximate surface area is 194 Å². The molecule has 3 aromatic carbocycles. The average Bonchev–Trinajstić information content (AvgIpc) is 2.86. The van der Waals surface area contributed by atoms with E-state index in [2.05, 4.69) is 0 Å². The highest BCUT2D eigenvalue weighted by Gasteiger charge is 2.51. The van der Waals surface area contributed by atoms with E-state index in [0.717, 1.165) is 16.7 Å². The summed E-state index contributed by atoms with van der Waals surface area (Å²) in [5, 5.41) is 32.8. The van der Waals surface area contributed by atoms with Crippen molar-refractivity contribution in [1.29, 1.82) is 0 Å². The highest BCUT2D eigenvalue weighted by molar-refractivity contribution is 5.16. The molecule has 1 aliphatic rings. The summed E-state index contributed by atoms with van der Waals surface area (Å²) in [5.74, 6) is 0. The summed E-state index contributed by atoms with van der Waals surface area (Å²) < 4.78 is 17.9. The van der Waals surface area contributed by atoms with Gasteiger partial charge >= 0.3 is 0 Å². The van der Waals surface area contributed by atoms with Crippen molar-refractivity contribution >= 4 is 0 Å². The van der Waals surface area contributed by atoms with Gasteiger partial charge in [-0.3, -0.25) is 0 Å². The Morgan fingerprint density at radius 3 is 1.12 bits per heavy atom. The topological polar surface area (TPSA) is 88.4 Å². The first-order valence-corrected chi connectivity index (χ1v) is 11.1. The zero-order valence-electron chi connectivity index (χ0n) is 18.3. The predicted octanol–water partition coefficient (Wildman–Crippen LogP) is 2.84. The first-order valence-electron chi connectivity index (χ1n) is 11.1. The van der Waals surface area contributed by atoms with E-state index in [-0.39, 0.29) is 19.8 Å². The highest BCUT2D eigenvalue weighted by atomic mass is 16.6. The first-order chi connectivity index (χ1) is 16.1. The van der Waals surface area contributed by atoms with Crippen molar-refractivity contribution in [2.24, 2.45) is 0 Å². The standard InChI is InChI=1S/C27H30O6/c28-22-23(29)26(32-17-20-12-6-2-7-13-20)27(33-18-21-14-8-3-9-15-21)24(30)25(22)31-16-19-10-4-1-5-11-19/h1-15,22-30H,16-18H2/t22-,23-,24-,25-,26+,27+/m1/s1. The molecule has 0 bridgehead atoms. The molecule has 6 atom stereocenters. The number of aliphatic hydroxyl groups excluding tert-OH is 3. The van der Waals surface area contributed by atoms with Crippen molar-refractivity contribution in [2.75, 3.05) is 0 Å². The highest BCUT2D eigenvalue weighted by Crippen LogP contribution is 2.30. The fourth-order valence-electron chi connectivity index (χ4n) is 4.05. The van der Waals surface area contributed by atoms with Crippen LogP contribution in [0.25, 0.3) is 0 Å². The van der Waals surface area contributed by atoms with Crippen LogP contribution in [0, 0.1) is 0 Å². The Hall–Kier alpha value is -2.58. The molecule has 174 valence electrons. The molecule has 0 heterocycles.